The minimum absolute atomic E-state index is 0.0106. The van der Waals surface area contributed by atoms with Gasteiger partial charge in [0.05, 0.1) is 82.8 Å². The number of methoxy groups -OCH3 is 3. The lowest BCUT2D eigenvalue weighted by Gasteiger charge is -2.31. The molecule has 42 heteroatoms. The van der Waals surface area contributed by atoms with Crippen molar-refractivity contribution in [3.05, 3.63) is 153 Å². The van der Waals surface area contributed by atoms with Crippen LogP contribution in [0.5, 0.6) is 0 Å². The lowest BCUT2D eigenvalue weighted by Crippen LogP contribution is -2.46. The van der Waals surface area contributed by atoms with Gasteiger partial charge in [0.2, 0.25) is 11.8 Å². The number of hydrogen-bond donors (Lipinski definition) is 10. The van der Waals surface area contributed by atoms with Crippen LogP contribution in [0.1, 0.15) is 50.1 Å². The first-order valence-corrected chi connectivity index (χ1v) is 40.1. The molecule has 6 unspecified atom stereocenters. The average Bonchev–Trinajstić information content (AvgIpc) is 1.24. The number of nitrogens with two attached hydrogens (primary N) is 2. The van der Waals surface area contributed by atoms with Gasteiger partial charge in [-0.3, -0.25) is 79.9 Å². The third kappa shape index (κ3) is 16.7. The van der Waals surface area contributed by atoms with Gasteiger partial charge in [0.1, 0.15) is 70.2 Å². The Bertz CT molecular complexity index is 5490. The van der Waals surface area contributed by atoms with E-state index in [1.54, 1.807) is 10.9 Å². The van der Waals surface area contributed by atoms with Crippen molar-refractivity contribution >= 4 is 66.9 Å². The number of H-pyrrole nitrogens is 3. The first-order chi connectivity index (χ1) is 52.1. The van der Waals surface area contributed by atoms with Crippen LogP contribution in [0.25, 0.3) is 49.3 Å². The van der Waals surface area contributed by atoms with Crippen LogP contribution < -0.4 is 55.8 Å². The van der Waals surface area contributed by atoms with Gasteiger partial charge in [-0.2, -0.15) is 0 Å². The van der Waals surface area contributed by atoms with E-state index in [1.807, 2.05) is 32.0 Å². The molecule has 2 amide bonds. The summed E-state index contributed by atoms with van der Waals surface area (Å²) in [6.07, 6.45) is -3.08. The Labute approximate surface area is 622 Å². The Kier molecular flexibility index (Phi) is 23.5. The second-order valence-electron chi connectivity index (χ2n) is 27.5. The van der Waals surface area contributed by atoms with Crippen molar-refractivity contribution in [2.75, 3.05) is 101 Å². The van der Waals surface area contributed by atoms with Crippen molar-refractivity contribution in [1.82, 2.24) is 54.3 Å². The molecule has 6 saturated heterocycles. The van der Waals surface area contributed by atoms with E-state index >= 15 is 0 Å². The molecule has 14 rings (SSSR count). The van der Waals surface area contributed by atoms with Crippen LogP contribution in [0.4, 0.5) is 0 Å². The third-order valence-electron chi connectivity index (χ3n) is 18.7. The van der Waals surface area contributed by atoms with E-state index in [0.29, 0.717) is 6.42 Å². The smallest absolute Gasteiger partial charge is 0.330 e. The predicted molar refractivity (Wildman–Crippen MR) is 390 cm³/mol. The molecule has 16 atom stereocenters. The van der Waals surface area contributed by atoms with E-state index in [9.17, 15) is 66.7 Å². The van der Waals surface area contributed by atoms with Gasteiger partial charge < -0.3 is 79.4 Å². The summed E-state index contributed by atoms with van der Waals surface area (Å²) < 4.78 is 108. The number of nitrogens with one attached hydrogen (secondary N) is 5. The molecule has 12 N–H and O–H groups in total. The number of fused-ring (bicyclic) bond motifs is 6. The van der Waals surface area contributed by atoms with Crippen LogP contribution in [-0.2, 0) is 79.5 Å². The first kappa shape index (κ1) is 80.7. The number of ether oxygens (including phenoxy) is 9. The van der Waals surface area contributed by atoms with Crippen molar-refractivity contribution in [2.45, 2.75) is 98.4 Å². The molecule has 0 radical (unpaired) electrons. The zero-order chi connectivity index (χ0) is 79.2. The molecule has 110 heavy (non-hydrogen) atoms. The number of aromatic amines is 3. The van der Waals surface area contributed by atoms with Crippen LogP contribution in [0.3, 0.4) is 0 Å². The topological polar surface area (TPSA) is 528 Å². The van der Waals surface area contributed by atoms with Crippen LogP contribution in [-0.4, -0.2) is 230 Å². The van der Waals surface area contributed by atoms with E-state index in [0.717, 1.165) is 67.1 Å². The molecule has 0 spiro atoms. The molecule has 0 aliphatic carbocycles. The Balaban J connectivity index is 0.000000157. The zero-order valence-electron chi connectivity index (χ0n) is 60.3. The summed E-state index contributed by atoms with van der Waals surface area (Å²) in [5.41, 5.74) is 3.84. The lowest BCUT2D eigenvalue weighted by molar-refractivity contribution is -0.190. The second kappa shape index (κ2) is 32.1. The molecular formula is C68H80N13O26P3. The molecule has 588 valence electrons. The number of aromatic nitrogens is 9. The fraction of sp³-hybridized carbons (Fsp3) is 0.471. The van der Waals surface area contributed by atoms with E-state index in [1.165, 1.54) is 44.5 Å². The molecule has 4 aromatic carbocycles. The van der Waals surface area contributed by atoms with Crippen LogP contribution in [0, 0.1) is 29.6 Å². The number of carbonyl (C=O) groups excluding carboxylic acids is 2. The number of hydrogen-bond acceptors (Lipinski definition) is 27. The zero-order valence-corrected chi connectivity index (χ0v) is 63.0. The van der Waals surface area contributed by atoms with E-state index in [-0.39, 0.29) is 93.5 Å². The maximum atomic E-state index is 13.0. The first-order valence-electron chi connectivity index (χ1n) is 34.1. The SMILES string of the molecule is COC[C@@]12COC([C@H](n3cc(-c4cn(-c5ccc6ccc7cccc8ccc5c6c78)nn4)c(=O)[nH]c3=O)O1)[C@H]2OP(C)(=O)O.COC[C@@]12COC([C@H](n3cc(C#CCNC(=O)CN)c(=O)[nH]c3=O)O1)[C@H]2OP(C)(=O)O.COC[C@@]12COC([C@H](n3cc(C#CCNC(=O)[C@@H](N)CC(C)C)c(=O)[nH]c3=O)O1)[C@H]2OP(C)(=O)O. The molecule has 8 aromatic rings. The van der Waals surface area contributed by atoms with Gasteiger partial charge in [0.15, 0.2) is 18.7 Å². The van der Waals surface area contributed by atoms with Crippen LogP contribution >= 0.6 is 22.8 Å². The normalized spacial score (nSPS) is 26.7. The lowest BCUT2D eigenvalue weighted by atomic mass is 9.93. The van der Waals surface area contributed by atoms with Gasteiger partial charge in [0, 0.05) is 65.3 Å². The summed E-state index contributed by atoms with van der Waals surface area (Å²) in [5.74, 6) is 9.93. The fourth-order valence-electron chi connectivity index (χ4n) is 14.2. The summed E-state index contributed by atoms with van der Waals surface area (Å²) in [7, 11) is -7.51. The van der Waals surface area contributed by atoms with Crippen molar-refractivity contribution in [1.29, 1.82) is 0 Å². The van der Waals surface area contributed by atoms with Crippen molar-refractivity contribution in [2.24, 2.45) is 17.4 Å². The molecule has 6 aliphatic heterocycles. The number of benzene rings is 4. The Hall–Kier alpha value is -8.83. The van der Waals surface area contributed by atoms with Crippen LogP contribution in [0.15, 0.2) is 108 Å². The summed E-state index contributed by atoms with van der Waals surface area (Å²) in [5, 5.41) is 20.2. The molecule has 0 saturated carbocycles. The Morgan fingerprint density at radius 2 is 1.03 bits per heavy atom. The van der Waals surface area contributed by atoms with E-state index < -0.39 is 141 Å². The number of nitrogens with zero attached hydrogens (tertiary/aromatic N) is 6. The van der Waals surface area contributed by atoms with Crippen molar-refractivity contribution in [3.63, 3.8) is 0 Å². The van der Waals surface area contributed by atoms with Gasteiger partial charge in [0.25, 0.3) is 16.7 Å². The van der Waals surface area contributed by atoms with E-state index in [4.69, 9.17) is 67.7 Å². The molecule has 6 aliphatic rings. The fourth-order valence-corrected chi connectivity index (χ4v) is 16.4. The monoisotopic (exact) mass is 1590 g/mol. The number of amides is 2. The van der Waals surface area contributed by atoms with E-state index in [2.05, 4.69) is 96.0 Å². The predicted octanol–water partition coefficient (Wildman–Crippen LogP) is -0.438. The maximum absolute atomic E-state index is 13.0. The van der Waals surface area contributed by atoms with Gasteiger partial charge in [-0.1, -0.05) is 91.3 Å². The number of rotatable bonds is 23. The molecular weight excluding hydrogens is 1510 g/mol. The molecule has 10 heterocycles. The minimum Gasteiger partial charge on any atom is -0.381 e. The molecule has 4 aromatic heterocycles. The standard InChI is InChI=1S/C30H26N5O8P.C21H31N4O9P.C17H23N4O9P/c1-40-14-30-15-41-25(26(30)43-44(2,38)39)28(42-30)34-12-20(27(36)31-29(34)37)21-13-35(33-32-21)22-11-9-18-7-6-16-4-3-5-17-8-10-19(22)24(18)23(16)17;1-12(2)8-14(22)18(27)23-7-5-6-13-9-25(20(28)24-17(13)26)19-15-16(34-35(4,29)30)21(33-19,10-31-3)11-32-15;1-27-8-17-9-28-12(13(17)30-31(2,25)26)15(29-17)21-7-10(14(23)20-16(21)24)4-3-5-19-11(22)6-18/h3-13,25-26,28H,14-15H2,1-2H3,(H,38,39)(H,31,36,37);9,12,14-16,19H,7-8,10-11,22H2,1-4H3,(H,23,27)(H,29,30)(H,24,26,28);7,12-13,15H,5-6,8-9,18H2,1-2H3,(H,19,22)(H,25,26)(H,20,23,24)/t25?,26-,28-,30+;14-,15?,16+,19+,21-;12?,13-,15-,17+/m101/s1. The minimum atomic E-state index is -3.96. The van der Waals surface area contributed by atoms with Gasteiger partial charge >= 0.3 is 39.9 Å². The molecule has 6 bridgehead atoms. The van der Waals surface area contributed by atoms with Gasteiger partial charge in [-0.15, -0.1) is 5.10 Å². The summed E-state index contributed by atoms with van der Waals surface area (Å²) in [6.45, 7) is 6.78. The average molecular weight is 1590 g/mol. The summed E-state index contributed by atoms with van der Waals surface area (Å²) in [4.78, 5) is 135. The van der Waals surface area contributed by atoms with Crippen molar-refractivity contribution < 1.29 is 94.2 Å². The second-order valence-corrected chi connectivity index (χ2v) is 32.9. The highest BCUT2D eigenvalue weighted by atomic mass is 31.2. The summed E-state index contributed by atoms with van der Waals surface area (Å²) >= 11 is 0. The largest absolute Gasteiger partial charge is 0.381 e. The third-order valence-corrected chi connectivity index (χ3v) is 20.5. The van der Waals surface area contributed by atoms with Crippen LogP contribution in [0.2, 0.25) is 0 Å². The summed E-state index contributed by atoms with van der Waals surface area (Å²) in [6, 6.07) is 17.9. The quantitative estimate of drug-likeness (QED) is 0.0220. The maximum Gasteiger partial charge on any atom is 0.330 e. The highest BCUT2D eigenvalue weighted by Crippen LogP contribution is 2.55. The Morgan fingerprint density at radius 1 is 0.609 bits per heavy atom. The highest BCUT2D eigenvalue weighted by molar-refractivity contribution is 7.52. The highest BCUT2D eigenvalue weighted by Gasteiger charge is 2.67. The van der Waals surface area contributed by atoms with Gasteiger partial charge in [-0.25, -0.2) is 19.1 Å². The Morgan fingerprint density at radius 3 is 1.46 bits per heavy atom. The van der Waals surface area contributed by atoms with Crippen molar-refractivity contribution in [3.8, 4) is 40.6 Å². The molecule has 6 fully saturated rings. The molecule has 39 nitrogen and oxygen atoms in total. The van der Waals surface area contributed by atoms with Gasteiger partial charge in [-0.05, 0) is 45.3 Å². The number of carbonyl (C=O) groups is 2.